The second-order valence-electron chi connectivity index (χ2n) is 6.66. The van der Waals surface area contributed by atoms with Crippen LogP contribution in [0.25, 0.3) is 0 Å². The third-order valence-electron chi connectivity index (χ3n) is 4.66. The van der Waals surface area contributed by atoms with Gasteiger partial charge in [0.25, 0.3) is 0 Å². The molecule has 0 fully saturated rings. The Balaban J connectivity index is 3.54. The molecule has 1 N–H and O–H groups in total. The number of carboxylic acids is 1. The molecule has 0 saturated carbocycles. The van der Waals surface area contributed by atoms with E-state index in [1.54, 1.807) is 6.92 Å². The summed E-state index contributed by atoms with van der Waals surface area (Å²) in [5.41, 5.74) is 0.484. The second-order valence-corrected chi connectivity index (χ2v) is 6.66. The number of carbonyl (C=O) groups is 1. The first-order valence-electron chi connectivity index (χ1n) is 9.51. The van der Waals surface area contributed by atoms with Crippen molar-refractivity contribution in [3.8, 4) is 0 Å². The Morgan fingerprint density at radius 1 is 0.909 bits per heavy atom. The van der Waals surface area contributed by atoms with E-state index in [0.29, 0.717) is 5.57 Å². The normalized spacial score (nSPS) is 13.3. The molecule has 0 heterocycles. The summed E-state index contributed by atoms with van der Waals surface area (Å²) in [6.45, 7) is 6.21. The van der Waals surface area contributed by atoms with Crippen molar-refractivity contribution in [1.29, 1.82) is 0 Å². The van der Waals surface area contributed by atoms with Gasteiger partial charge < -0.3 is 5.11 Å². The Bertz CT molecular complexity index is 294. The minimum atomic E-state index is -0.785. The highest BCUT2D eigenvalue weighted by Gasteiger charge is 2.06. The number of hydrogen-bond donors (Lipinski definition) is 1. The Morgan fingerprint density at radius 2 is 1.45 bits per heavy atom. The van der Waals surface area contributed by atoms with Crippen LogP contribution in [0.5, 0.6) is 0 Å². The van der Waals surface area contributed by atoms with Gasteiger partial charge in [0, 0.05) is 5.57 Å². The first kappa shape index (κ1) is 21.2. The van der Waals surface area contributed by atoms with Crippen LogP contribution >= 0.6 is 0 Å². The SMILES string of the molecule is CCCCCCCCCCCC(CC)CCC=C(C)C(=O)O. The zero-order chi connectivity index (χ0) is 16.6. The highest BCUT2D eigenvalue weighted by molar-refractivity contribution is 5.85. The fourth-order valence-electron chi connectivity index (χ4n) is 2.92. The lowest BCUT2D eigenvalue weighted by atomic mass is 9.93. The van der Waals surface area contributed by atoms with Gasteiger partial charge in [-0.2, -0.15) is 0 Å². The summed E-state index contributed by atoms with van der Waals surface area (Å²) in [6.07, 6.45) is 18.9. The number of allylic oxidation sites excluding steroid dienone is 1. The molecule has 0 saturated heterocycles. The quantitative estimate of drug-likeness (QED) is 0.268. The maximum Gasteiger partial charge on any atom is 0.330 e. The summed E-state index contributed by atoms with van der Waals surface area (Å²) in [5, 5.41) is 8.83. The summed E-state index contributed by atoms with van der Waals surface area (Å²) < 4.78 is 0. The van der Waals surface area contributed by atoms with E-state index >= 15 is 0 Å². The molecule has 0 aliphatic carbocycles. The van der Waals surface area contributed by atoms with Gasteiger partial charge in [0.05, 0.1) is 0 Å². The monoisotopic (exact) mass is 310 g/mol. The Morgan fingerprint density at radius 3 is 1.95 bits per heavy atom. The standard InChI is InChI=1S/C20H38O2/c1-4-6-7-8-9-10-11-12-13-16-19(5-2)17-14-15-18(3)20(21)22/h15,19H,4-14,16-17H2,1-3H3,(H,21,22). The van der Waals surface area contributed by atoms with Crippen molar-refractivity contribution >= 4 is 5.97 Å². The molecule has 0 spiro atoms. The lowest BCUT2D eigenvalue weighted by Gasteiger charge is -2.13. The Kier molecular flexibility index (Phi) is 14.6. The number of carboxylic acid groups (broad SMARTS) is 1. The zero-order valence-corrected chi connectivity index (χ0v) is 15.2. The molecule has 0 amide bonds. The first-order chi connectivity index (χ1) is 10.6. The predicted molar refractivity (Wildman–Crippen MR) is 96.3 cm³/mol. The van der Waals surface area contributed by atoms with Crippen LogP contribution in [0.1, 0.15) is 104 Å². The molecule has 1 atom stereocenters. The molecule has 0 aliphatic heterocycles. The van der Waals surface area contributed by atoms with Crippen LogP contribution in [-0.4, -0.2) is 11.1 Å². The van der Waals surface area contributed by atoms with Crippen LogP contribution in [0, 0.1) is 5.92 Å². The molecule has 2 nitrogen and oxygen atoms in total. The van der Waals surface area contributed by atoms with Crippen molar-refractivity contribution in [2.75, 3.05) is 0 Å². The molecule has 130 valence electrons. The van der Waals surface area contributed by atoms with Crippen molar-refractivity contribution in [3.63, 3.8) is 0 Å². The van der Waals surface area contributed by atoms with Crippen molar-refractivity contribution < 1.29 is 9.90 Å². The molecular formula is C20H38O2. The molecule has 22 heavy (non-hydrogen) atoms. The molecule has 0 radical (unpaired) electrons. The van der Waals surface area contributed by atoms with Gasteiger partial charge in [-0.05, 0) is 25.7 Å². The van der Waals surface area contributed by atoms with Crippen molar-refractivity contribution in [2.45, 2.75) is 104 Å². The Labute approximate surface area is 138 Å². The lowest BCUT2D eigenvalue weighted by molar-refractivity contribution is -0.132. The number of unbranched alkanes of at least 4 members (excludes halogenated alkanes) is 8. The fraction of sp³-hybridized carbons (Fsp3) is 0.850. The lowest BCUT2D eigenvalue weighted by Crippen LogP contribution is -2.00. The first-order valence-corrected chi connectivity index (χ1v) is 9.51. The van der Waals surface area contributed by atoms with Crippen LogP contribution in [0.2, 0.25) is 0 Å². The van der Waals surface area contributed by atoms with Crippen LogP contribution in [0.15, 0.2) is 11.6 Å². The number of aliphatic carboxylic acids is 1. The predicted octanol–water partition coefficient (Wildman–Crippen LogP) is 6.74. The molecule has 2 heteroatoms. The summed E-state index contributed by atoms with van der Waals surface area (Å²) >= 11 is 0. The molecule has 0 aromatic carbocycles. The largest absolute Gasteiger partial charge is 0.478 e. The van der Waals surface area contributed by atoms with Gasteiger partial charge in [0.15, 0.2) is 0 Å². The van der Waals surface area contributed by atoms with E-state index in [1.165, 1.54) is 70.6 Å². The molecule has 0 aliphatic rings. The third kappa shape index (κ3) is 12.9. The van der Waals surface area contributed by atoms with Gasteiger partial charge in [-0.25, -0.2) is 4.79 Å². The average Bonchev–Trinajstić information content (AvgIpc) is 2.51. The summed E-state index contributed by atoms with van der Waals surface area (Å²) in [5.74, 6) is -0.0191. The third-order valence-corrected chi connectivity index (χ3v) is 4.66. The van der Waals surface area contributed by atoms with Crippen LogP contribution in [0.4, 0.5) is 0 Å². The van der Waals surface area contributed by atoms with E-state index in [2.05, 4.69) is 13.8 Å². The summed E-state index contributed by atoms with van der Waals surface area (Å²) in [6, 6.07) is 0. The van der Waals surface area contributed by atoms with Crippen LogP contribution < -0.4 is 0 Å². The van der Waals surface area contributed by atoms with Crippen LogP contribution in [-0.2, 0) is 4.79 Å². The minimum Gasteiger partial charge on any atom is -0.478 e. The summed E-state index contributed by atoms with van der Waals surface area (Å²) in [7, 11) is 0. The molecular weight excluding hydrogens is 272 g/mol. The molecule has 0 bridgehead atoms. The molecule has 0 rings (SSSR count). The van der Waals surface area contributed by atoms with Gasteiger partial charge in [0.1, 0.15) is 0 Å². The highest BCUT2D eigenvalue weighted by atomic mass is 16.4. The molecule has 0 aromatic rings. The number of hydrogen-bond acceptors (Lipinski definition) is 1. The molecule has 0 aromatic heterocycles. The Hall–Kier alpha value is -0.790. The maximum atomic E-state index is 10.7. The van der Waals surface area contributed by atoms with Gasteiger partial charge in [-0.1, -0.05) is 90.6 Å². The van der Waals surface area contributed by atoms with Crippen LogP contribution in [0.3, 0.4) is 0 Å². The van der Waals surface area contributed by atoms with Crippen molar-refractivity contribution in [1.82, 2.24) is 0 Å². The van der Waals surface area contributed by atoms with Crippen molar-refractivity contribution in [3.05, 3.63) is 11.6 Å². The highest BCUT2D eigenvalue weighted by Crippen LogP contribution is 2.20. The topological polar surface area (TPSA) is 37.3 Å². The van der Waals surface area contributed by atoms with Gasteiger partial charge in [-0.3, -0.25) is 0 Å². The van der Waals surface area contributed by atoms with Gasteiger partial charge in [0.2, 0.25) is 0 Å². The zero-order valence-electron chi connectivity index (χ0n) is 15.2. The second kappa shape index (κ2) is 15.1. The van der Waals surface area contributed by atoms with Crippen molar-refractivity contribution in [2.24, 2.45) is 5.92 Å². The summed E-state index contributed by atoms with van der Waals surface area (Å²) in [4.78, 5) is 10.7. The van der Waals surface area contributed by atoms with Gasteiger partial charge in [-0.15, -0.1) is 0 Å². The average molecular weight is 311 g/mol. The van der Waals surface area contributed by atoms with E-state index in [4.69, 9.17) is 5.11 Å². The maximum absolute atomic E-state index is 10.7. The van der Waals surface area contributed by atoms with E-state index < -0.39 is 5.97 Å². The minimum absolute atomic E-state index is 0.484. The van der Waals surface area contributed by atoms with E-state index in [0.717, 1.165) is 18.8 Å². The molecule has 1 unspecified atom stereocenters. The fourth-order valence-corrected chi connectivity index (χ4v) is 2.92. The van der Waals surface area contributed by atoms with E-state index in [1.807, 2.05) is 6.08 Å². The van der Waals surface area contributed by atoms with E-state index in [9.17, 15) is 4.79 Å². The van der Waals surface area contributed by atoms with E-state index in [-0.39, 0.29) is 0 Å². The smallest absolute Gasteiger partial charge is 0.330 e. The van der Waals surface area contributed by atoms with Gasteiger partial charge >= 0.3 is 5.97 Å². The number of rotatable bonds is 15.